The van der Waals surface area contributed by atoms with Crippen LogP contribution in [0.3, 0.4) is 0 Å². The van der Waals surface area contributed by atoms with E-state index in [1.54, 1.807) is 6.92 Å². The molecule has 0 aliphatic carbocycles. The Bertz CT molecular complexity index is 999. The van der Waals surface area contributed by atoms with Crippen LogP contribution in [0.2, 0.25) is 0 Å². The Balaban J connectivity index is 1.81. The number of carbonyl (C=O) groups excluding carboxylic acids is 1. The third-order valence-corrected chi connectivity index (χ3v) is 11.5. The highest BCUT2D eigenvalue weighted by molar-refractivity contribution is 8.11. The number of nitrogens with zero attached hydrogens (tertiary/aromatic N) is 1. The minimum Gasteiger partial charge on any atom is -0.453 e. The molecule has 0 N–H and O–H groups in total. The molecule has 4 heterocycles. The van der Waals surface area contributed by atoms with Crippen molar-refractivity contribution in [3.05, 3.63) is 46.7 Å². The molecule has 6 nitrogen and oxygen atoms in total. The summed E-state index contributed by atoms with van der Waals surface area (Å²) in [7, 11) is -5.36. The van der Waals surface area contributed by atoms with E-state index in [4.69, 9.17) is 4.74 Å². The molecule has 0 amide bonds. The predicted molar refractivity (Wildman–Crippen MR) is 96.3 cm³/mol. The fourth-order valence-electron chi connectivity index (χ4n) is 4.97. The summed E-state index contributed by atoms with van der Waals surface area (Å²) in [5.74, 6) is -0.690. The van der Waals surface area contributed by atoms with Gasteiger partial charge < -0.3 is 9.64 Å². The lowest BCUT2D eigenvalue weighted by Gasteiger charge is -2.47. The fraction of sp³-hybridized carbons (Fsp3) is 0.500. The average Bonchev–Trinajstić information content (AvgIpc) is 3.04. The van der Waals surface area contributed by atoms with Crippen LogP contribution in [0.25, 0.3) is 0 Å². The molecule has 1 aromatic carbocycles. The first-order chi connectivity index (χ1) is 12.4. The first-order valence-electron chi connectivity index (χ1n) is 8.77. The zero-order valence-corrected chi connectivity index (χ0v) is 15.9. The summed E-state index contributed by atoms with van der Waals surface area (Å²) >= 11 is 0. The fourth-order valence-corrected chi connectivity index (χ4v) is 10.4. The van der Waals surface area contributed by atoms with Crippen LogP contribution in [0.5, 0.6) is 0 Å². The van der Waals surface area contributed by atoms with Crippen LogP contribution in [0.15, 0.2) is 35.5 Å². The van der Waals surface area contributed by atoms with Crippen LogP contribution in [0.4, 0.5) is 0 Å². The zero-order valence-electron chi connectivity index (χ0n) is 14.3. The number of rotatable bonds is 0. The summed E-state index contributed by atoms with van der Waals surface area (Å²) in [4.78, 5) is 14.7. The lowest BCUT2D eigenvalue weighted by atomic mass is 9.84. The van der Waals surface area contributed by atoms with E-state index in [1.165, 1.54) is 5.56 Å². The van der Waals surface area contributed by atoms with Crippen LogP contribution in [0.1, 0.15) is 30.5 Å². The van der Waals surface area contributed by atoms with Gasteiger partial charge in [0, 0.05) is 29.5 Å². The second-order valence-electron chi connectivity index (χ2n) is 7.29. The van der Waals surface area contributed by atoms with Crippen molar-refractivity contribution >= 4 is 26.6 Å². The van der Waals surface area contributed by atoms with E-state index in [2.05, 4.69) is 11.0 Å². The standard InChI is InChI=1S/C18H19NO5S2/c1-11-16-15(17(20)24-11)18(25(21)8-9-26(18,22)23)10-14-13-5-3-2-4-12(13)6-7-19(14)16/h2-5,11,14H,6-10H2,1H3/t11-,14?,18?,25?/m1/s1. The lowest BCUT2D eigenvalue weighted by molar-refractivity contribution is -0.139. The van der Waals surface area contributed by atoms with Gasteiger partial charge >= 0.3 is 5.97 Å². The molecule has 8 heteroatoms. The first-order valence-corrected chi connectivity index (χ1v) is 11.7. The van der Waals surface area contributed by atoms with Crippen molar-refractivity contribution in [2.75, 3.05) is 18.1 Å². The molecular formula is C18H19NO5S2. The quantitative estimate of drug-likeness (QED) is 0.613. The number of fused-ring (bicyclic) bond motifs is 5. The molecule has 1 aromatic rings. The van der Waals surface area contributed by atoms with E-state index >= 15 is 0 Å². The molecule has 1 spiro atoms. The van der Waals surface area contributed by atoms with Crippen molar-refractivity contribution < 1.29 is 22.2 Å². The summed E-state index contributed by atoms with van der Waals surface area (Å²) in [6.45, 7) is 2.46. The highest BCUT2D eigenvalue weighted by Gasteiger charge is 2.66. The zero-order chi connectivity index (χ0) is 18.3. The third-order valence-electron chi connectivity index (χ3n) is 6.10. The molecule has 138 valence electrons. The number of hydrogen-bond donors (Lipinski definition) is 0. The molecule has 0 aromatic heterocycles. The molecule has 0 bridgehead atoms. The maximum atomic E-state index is 13.1. The van der Waals surface area contributed by atoms with Gasteiger partial charge in [0.25, 0.3) is 0 Å². The predicted octanol–water partition coefficient (Wildman–Crippen LogP) is 1.06. The molecular weight excluding hydrogens is 374 g/mol. The first kappa shape index (κ1) is 16.5. The van der Waals surface area contributed by atoms with Crippen LogP contribution in [-0.4, -0.2) is 51.7 Å². The van der Waals surface area contributed by atoms with Gasteiger partial charge in [-0.05, 0) is 24.5 Å². The molecule has 5 rings (SSSR count). The number of cyclic esters (lactones) is 1. The summed E-state index contributed by atoms with van der Waals surface area (Å²) in [6, 6.07) is 7.79. The summed E-state index contributed by atoms with van der Waals surface area (Å²) in [5.41, 5.74) is 3.01. The van der Waals surface area contributed by atoms with Crippen LogP contribution in [0, 0.1) is 0 Å². The van der Waals surface area contributed by atoms with E-state index in [0.29, 0.717) is 12.2 Å². The number of esters is 1. The molecule has 26 heavy (non-hydrogen) atoms. The van der Waals surface area contributed by atoms with Crippen molar-refractivity contribution in [2.45, 2.75) is 36.0 Å². The normalized spacial score (nSPS) is 37.3. The minimum atomic E-state index is -3.71. The van der Waals surface area contributed by atoms with E-state index in [9.17, 15) is 17.4 Å². The van der Waals surface area contributed by atoms with Gasteiger partial charge in [-0.15, -0.1) is 0 Å². The highest BCUT2D eigenvalue weighted by Crippen LogP contribution is 2.55. The Morgan fingerprint density at radius 3 is 2.81 bits per heavy atom. The van der Waals surface area contributed by atoms with Gasteiger partial charge in [-0.25, -0.2) is 13.2 Å². The van der Waals surface area contributed by atoms with Crippen LogP contribution in [-0.2, 0) is 36.6 Å². The monoisotopic (exact) mass is 393 g/mol. The van der Waals surface area contributed by atoms with Crippen molar-refractivity contribution in [2.24, 2.45) is 0 Å². The maximum absolute atomic E-state index is 13.1. The third kappa shape index (κ3) is 1.84. The Kier molecular flexibility index (Phi) is 3.30. The molecule has 4 atom stereocenters. The second-order valence-corrected chi connectivity index (χ2v) is 11.7. The number of hydrogen-bond acceptors (Lipinski definition) is 6. The maximum Gasteiger partial charge on any atom is 0.339 e. The summed E-state index contributed by atoms with van der Waals surface area (Å²) in [5, 5.41) is 0. The molecule has 4 aliphatic heterocycles. The SMILES string of the molecule is C[C@H]1OC(=O)C2=C1N1CCc3ccccc3C1CC21S(=O)CCS1(=O)=O. The topological polar surface area (TPSA) is 80.8 Å². The van der Waals surface area contributed by atoms with Gasteiger partial charge in [0.05, 0.1) is 23.1 Å². The lowest BCUT2D eigenvalue weighted by Crippen LogP contribution is -2.52. The average molecular weight is 393 g/mol. The van der Waals surface area contributed by atoms with E-state index < -0.39 is 36.8 Å². The van der Waals surface area contributed by atoms with Gasteiger partial charge in [0.15, 0.2) is 13.9 Å². The van der Waals surface area contributed by atoms with Crippen LogP contribution < -0.4 is 0 Å². The Hall–Kier alpha value is -1.67. The van der Waals surface area contributed by atoms with Crippen molar-refractivity contribution in [1.82, 2.24) is 4.90 Å². The largest absolute Gasteiger partial charge is 0.453 e. The van der Waals surface area contributed by atoms with E-state index in [0.717, 1.165) is 12.0 Å². The highest BCUT2D eigenvalue weighted by atomic mass is 32.3. The second kappa shape index (κ2) is 5.19. The number of sulfone groups is 1. The molecule has 1 saturated heterocycles. The summed E-state index contributed by atoms with van der Waals surface area (Å²) in [6.07, 6.45) is 0.461. The van der Waals surface area contributed by atoms with Crippen molar-refractivity contribution in [3.63, 3.8) is 0 Å². The molecule has 0 radical (unpaired) electrons. The molecule has 3 unspecified atom stereocenters. The van der Waals surface area contributed by atoms with E-state index in [-0.39, 0.29) is 29.5 Å². The minimum absolute atomic E-state index is 0.0785. The van der Waals surface area contributed by atoms with Crippen LogP contribution >= 0.6 is 0 Å². The molecule has 4 aliphatic rings. The molecule has 1 fully saturated rings. The van der Waals surface area contributed by atoms with Gasteiger partial charge in [-0.2, -0.15) is 0 Å². The number of ether oxygens (including phenoxy) is 1. The smallest absolute Gasteiger partial charge is 0.339 e. The Morgan fingerprint density at radius 1 is 1.31 bits per heavy atom. The van der Waals surface area contributed by atoms with Crippen molar-refractivity contribution in [1.29, 1.82) is 0 Å². The van der Waals surface area contributed by atoms with Gasteiger partial charge in [-0.1, -0.05) is 24.3 Å². The number of benzene rings is 1. The summed E-state index contributed by atoms with van der Waals surface area (Å²) < 4.78 is 43.0. The van der Waals surface area contributed by atoms with Gasteiger partial charge in [-0.3, -0.25) is 4.21 Å². The van der Waals surface area contributed by atoms with Gasteiger partial charge in [0.1, 0.15) is 6.10 Å². The molecule has 0 saturated carbocycles. The van der Waals surface area contributed by atoms with Gasteiger partial charge in [0.2, 0.25) is 0 Å². The number of carbonyl (C=O) groups is 1. The Labute approximate surface area is 154 Å². The van der Waals surface area contributed by atoms with Crippen molar-refractivity contribution in [3.8, 4) is 0 Å². The Morgan fingerprint density at radius 2 is 2.08 bits per heavy atom. The van der Waals surface area contributed by atoms with E-state index in [1.807, 2.05) is 18.2 Å².